The lowest BCUT2D eigenvalue weighted by Crippen LogP contribution is -1.97. The maximum Gasteiger partial charge on any atom is 0.188 e. The van der Waals surface area contributed by atoms with Gasteiger partial charge in [0.1, 0.15) is 11.2 Å². The van der Waals surface area contributed by atoms with Crippen LogP contribution in [0.5, 0.6) is 0 Å². The first-order chi connectivity index (χ1) is 24.2. The summed E-state index contributed by atoms with van der Waals surface area (Å²) in [6, 6.07) is 45.3. The second kappa shape index (κ2) is 10.2. The lowest BCUT2D eigenvalue weighted by molar-refractivity contribution is 0.669. The maximum atomic E-state index is 10.2. The molecule has 6 heteroatoms. The summed E-state index contributed by atoms with van der Waals surface area (Å²) in [5.41, 5.74) is 10.7. The Balaban J connectivity index is 1.22. The molecule has 10 aromatic rings. The summed E-state index contributed by atoms with van der Waals surface area (Å²) in [4.78, 5) is 8.20. The van der Waals surface area contributed by atoms with Gasteiger partial charge in [0.15, 0.2) is 5.69 Å². The quantitative estimate of drug-likeness (QED) is 0.184. The van der Waals surface area contributed by atoms with Gasteiger partial charge in [-0.3, -0.25) is 4.98 Å². The third-order valence-electron chi connectivity index (χ3n) is 9.60. The largest absolute Gasteiger partial charge is 0.456 e. The Bertz CT molecular complexity index is 3090. The molecule has 0 atom stereocenters. The third-order valence-corrected chi connectivity index (χ3v) is 9.60. The summed E-state index contributed by atoms with van der Waals surface area (Å²) in [5.74, 6) is 0. The molecule has 0 N–H and O–H groups in total. The maximum absolute atomic E-state index is 10.2. The van der Waals surface area contributed by atoms with E-state index in [4.69, 9.17) is 11.0 Å². The molecule has 4 heterocycles. The van der Waals surface area contributed by atoms with Crippen LogP contribution in [0, 0.1) is 17.9 Å². The van der Waals surface area contributed by atoms with Gasteiger partial charge >= 0.3 is 0 Å². The summed E-state index contributed by atoms with van der Waals surface area (Å²) in [6.07, 6.45) is 3.76. The molecular weight excluding hydrogens is 603 g/mol. The number of pyridine rings is 1. The number of nitriles is 1. The topological polar surface area (TPSA) is 64.0 Å². The Kier molecular flexibility index (Phi) is 5.61. The van der Waals surface area contributed by atoms with Crippen molar-refractivity contribution in [1.29, 1.82) is 5.26 Å². The zero-order valence-corrected chi connectivity index (χ0v) is 25.9. The highest BCUT2D eigenvalue weighted by Gasteiger charge is 2.20. The molecule has 0 fully saturated rings. The summed E-state index contributed by atoms with van der Waals surface area (Å²) < 4.78 is 10.8. The Labute approximate surface area is 279 Å². The number of furan rings is 1. The van der Waals surface area contributed by atoms with Crippen LogP contribution >= 0.6 is 0 Å². The lowest BCUT2D eigenvalue weighted by Gasteiger charge is -2.13. The standard InChI is InChI=1S/C43H23N5O/c1-45-29-13-15-38-36(23-29)32-9-2-4-11-37(32)47(38)31-20-26(24-44)19-28(22-31)27-7-6-8-30(21-27)48-39-25-46-18-17-33(39)34-14-16-41-42(43(34)48)35-10-3-5-12-40(35)49-41/h2-23,25H. The van der Waals surface area contributed by atoms with Crippen LogP contribution in [0.2, 0.25) is 0 Å². The molecule has 226 valence electrons. The summed E-state index contributed by atoms with van der Waals surface area (Å²) in [6.45, 7) is 7.57. The van der Waals surface area contributed by atoms with Gasteiger partial charge in [0.05, 0.1) is 51.9 Å². The third kappa shape index (κ3) is 3.89. The fourth-order valence-corrected chi connectivity index (χ4v) is 7.53. The average molecular weight is 626 g/mol. The molecule has 49 heavy (non-hydrogen) atoms. The van der Waals surface area contributed by atoms with Gasteiger partial charge in [-0.15, -0.1) is 0 Å². The van der Waals surface area contributed by atoms with Crippen molar-refractivity contribution in [2.75, 3.05) is 0 Å². The van der Waals surface area contributed by atoms with E-state index in [1.54, 1.807) is 0 Å². The Hall–Kier alpha value is -7.15. The number of benzene rings is 6. The van der Waals surface area contributed by atoms with E-state index in [0.717, 1.165) is 88.1 Å². The van der Waals surface area contributed by atoms with Crippen molar-refractivity contribution in [3.05, 3.63) is 157 Å². The van der Waals surface area contributed by atoms with E-state index in [-0.39, 0.29) is 0 Å². The molecule has 6 aromatic carbocycles. The highest BCUT2D eigenvalue weighted by Crippen LogP contribution is 2.41. The number of para-hydroxylation sites is 2. The van der Waals surface area contributed by atoms with Crippen molar-refractivity contribution in [1.82, 2.24) is 14.1 Å². The van der Waals surface area contributed by atoms with Gasteiger partial charge < -0.3 is 13.6 Å². The number of nitrogens with zero attached hydrogens (tertiary/aromatic N) is 5. The first-order valence-electron chi connectivity index (χ1n) is 16.0. The predicted molar refractivity (Wildman–Crippen MR) is 197 cm³/mol. The monoisotopic (exact) mass is 625 g/mol. The molecule has 0 aliphatic carbocycles. The van der Waals surface area contributed by atoms with Crippen molar-refractivity contribution in [3.63, 3.8) is 0 Å². The van der Waals surface area contributed by atoms with E-state index in [9.17, 15) is 5.26 Å². The van der Waals surface area contributed by atoms with Gasteiger partial charge in [-0.1, -0.05) is 54.6 Å². The fraction of sp³-hybridized carbons (Fsp3) is 0. The van der Waals surface area contributed by atoms with Crippen LogP contribution in [0.3, 0.4) is 0 Å². The van der Waals surface area contributed by atoms with Gasteiger partial charge in [0, 0.05) is 39.1 Å². The molecule has 0 unspecified atom stereocenters. The highest BCUT2D eigenvalue weighted by atomic mass is 16.3. The smallest absolute Gasteiger partial charge is 0.188 e. The highest BCUT2D eigenvalue weighted by molar-refractivity contribution is 6.24. The minimum absolute atomic E-state index is 0.564. The van der Waals surface area contributed by atoms with Gasteiger partial charge in [0.2, 0.25) is 0 Å². The van der Waals surface area contributed by atoms with E-state index < -0.39 is 0 Å². The van der Waals surface area contributed by atoms with Crippen LogP contribution in [0.15, 0.2) is 144 Å². The number of fused-ring (bicyclic) bond motifs is 10. The van der Waals surface area contributed by atoms with Crippen LogP contribution < -0.4 is 0 Å². The van der Waals surface area contributed by atoms with E-state index in [1.807, 2.05) is 73.1 Å². The van der Waals surface area contributed by atoms with Gasteiger partial charge in [-0.05, 0) is 89.3 Å². The van der Waals surface area contributed by atoms with Crippen LogP contribution in [-0.2, 0) is 0 Å². The second-order valence-electron chi connectivity index (χ2n) is 12.3. The molecule has 0 spiro atoms. The van der Waals surface area contributed by atoms with Crippen molar-refractivity contribution in [2.45, 2.75) is 0 Å². The van der Waals surface area contributed by atoms with E-state index >= 15 is 0 Å². The number of hydrogen-bond donors (Lipinski definition) is 0. The molecular formula is C43H23N5O. The summed E-state index contributed by atoms with van der Waals surface area (Å²) in [7, 11) is 0. The number of aromatic nitrogens is 3. The molecule has 0 aliphatic rings. The van der Waals surface area contributed by atoms with Crippen LogP contribution in [0.1, 0.15) is 5.56 Å². The Morgan fingerprint density at radius 1 is 0.612 bits per heavy atom. The fourth-order valence-electron chi connectivity index (χ4n) is 7.53. The number of hydrogen-bond acceptors (Lipinski definition) is 3. The average Bonchev–Trinajstić information content (AvgIpc) is 3.82. The molecule has 10 rings (SSSR count). The van der Waals surface area contributed by atoms with Crippen molar-refractivity contribution in [3.8, 4) is 28.6 Å². The molecule has 0 saturated heterocycles. The van der Waals surface area contributed by atoms with Crippen LogP contribution in [0.25, 0.3) is 92.9 Å². The van der Waals surface area contributed by atoms with E-state index in [2.05, 4.69) is 91.8 Å². The number of rotatable bonds is 3. The molecule has 4 aromatic heterocycles. The minimum Gasteiger partial charge on any atom is -0.456 e. The normalized spacial score (nSPS) is 11.6. The SMILES string of the molecule is [C-]#[N+]c1ccc2c(c1)c1ccccc1n2-c1cc(C#N)cc(-c2cccc(-n3c4cnccc4c4ccc5oc6ccccc6c5c43)c2)c1. The lowest BCUT2D eigenvalue weighted by atomic mass is 10.0. The second-order valence-corrected chi connectivity index (χ2v) is 12.3. The summed E-state index contributed by atoms with van der Waals surface area (Å²) >= 11 is 0. The molecule has 0 bridgehead atoms. The van der Waals surface area contributed by atoms with Gasteiger partial charge in [-0.25, -0.2) is 4.85 Å². The van der Waals surface area contributed by atoms with Crippen LogP contribution in [0.4, 0.5) is 5.69 Å². The Morgan fingerprint density at radius 2 is 1.43 bits per heavy atom. The van der Waals surface area contributed by atoms with E-state index in [0.29, 0.717) is 11.3 Å². The Morgan fingerprint density at radius 3 is 2.33 bits per heavy atom. The summed E-state index contributed by atoms with van der Waals surface area (Å²) in [5, 5.41) is 16.7. The zero-order chi connectivity index (χ0) is 32.6. The first-order valence-corrected chi connectivity index (χ1v) is 16.0. The molecule has 0 amide bonds. The molecule has 0 aliphatic heterocycles. The predicted octanol–water partition coefficient (Wildman–Crippen LogP) is 11.3. The molecule has 0 radical (unpaired) electrons. The van der Waals surface area contributed by atoms with Crippen molar-refractivity contribution < 1.29 is 4.42 Å². The van der Waals surface area contributed by atoms with Crippen molar-refractivity contribution >= 4 is 71.2 Å². The van der Waals surface area contributed by atoms with Gasteiger partial charge in [0.25, 0.3) is 0 Å². The van der Waals surface area contributed by atoms with Crippen LogP contribution in [-0.4, -0.2) is 14.1 Å². The first kappa shape index (κ1) is 27.0. The van der Waals surface area contributed by atoms with Crippen molar-refractivity contribution in [2.24, 2.45) is 0 Å². The van der Waals surface area contributed by atoms with Gasteiger partial charge in [-0.2, -0.15) is 5.26 Å². The zero-order valence-electron chi connectivity index (χ0n) is 25.9. The minimum atomic E-state index is 0.564. The van der Waals surface area contributed by atoms with E-state index in [1.165, 1.54) is 0 Å². The molecule has 6 nitrogen and oxygen atoms in total. The molecule has 0 saturated carbocycles.